The minimum atomic E-state index is -3.41. The first-order valence-corrected chi connectivity index (χ1v) is 10.5. The average molecular weight is 427 g/mol. The van der Waals surface area contributed by atoms with Gasteiger partial charge in [-0.1, -0.05) is 0 Å². The van der Waals surface area contributed by atoms with Crippen molar-refractivity contribution in [3.63, 3.8) is 0 Å². The van der Waals surface area contributed by atoms with E-state index in [9.17, 15) is 18.0 Å². The lowest BCUT2D eigenvalue weighted by atomic mass is 10.2. The van der Waals surface area contributed by atoms with Gasteiger partial charge in [0.1, 0.15) is 5.82 Å². The van der Waals surface area contributed by atoms with Crippen LogP contribution < -0.4 is 16.1 Å². The summed E-state index contributed by atoms with van der Waals surface area (Å²) in [4.78, 5) is 4.17. The van der Waals surface area contributed by atoms with E-state index >= 15 is 0 Å². The number of nitrogens with one attached hydrogen (secondary N) is 3. The molecule has 158 valence electrons. The lowest BCUT2D eigenvalue weighted by Crippen LogP contribution is -2.47. The number of amidine groups is 1. The second-order valence-corrected chi connectivity index (χ2v) is 8.45. The number of sulfonamides is 1. The van der Waals surface area contributed by atoms with Crippen molar-refractivity contribution in [2.75, 3.05) is 43.8 Å². The van der Waals surface area contributed by atoms with Crippen LogP contribution in [0, 0.1) is 12.7 Å². The number of hydroxylamine groups is 1. The highest BCUT2D eigenvalue weighted by Crippen LogP contribution is 2.19. The molecule has 2 heterocycles. The minimum absolute atomic E-state index is 0.0500. The number of aryl methyl sites for hydroxylation is 1. The van der Waals surface area contributed by atoms with Crippen LogP contribution >= 0.6 is 0 Å². The molecule has 1 fully saturated rings. The maximum absolute atomic E-state index is 13.4. The van der Waals surface area contributed by atoms with E-state index in [2.05, 4.69) is 30.6 Å². The molecular formula is C16H22FN7O4S. The molecule has 1 aliphatic rings. The zero-order valence-corrected chi connectivity index (χ0v) is 16.5. The summed E-state index contributed by atoms with van der Waals surface area (Å²) >= 11 is 0. The van der Waals surface area contributed by atoms with Crippen molar-refractivity contribution >= 4 is 27.4 Å². The summed E-state index contributed by atoms with van der Waals surface area (Å²) in [7, 11) is -3.41. The molecule has 0 radical (unpaired) electrons. The van der Waals surface area contributed by atoms with Crippen molar-refractivity contribution in [3.05, 3.63) is 35.3 Å². The maximum atomic E-state index is 13.4. The van der Waals surface area contributed by atoms with Crippen LogP contribution in [-0.2, 0) is 10.0 Å². The Bertz CT molecular complexity index is 973. The number of aliphatic imine (C=N–C) groups is 1. The third-order valence-corrected chi connectivity index (χ3v) is 6.19. The topological polar surface area (TPSA) is 145 Å². The third kappa shape index (κ3) is 5.26. The predicted molar refractivity (Wildman–Crippen MR) is 103 cm³/mol. The van der Waals surface area contributed by atoms with E-state index in [1.54, 1.807) is 6.92 Å². The fourth-order valence-corrected chi connectivity index (χ4v) is 4.13. The summed E-state index contributed by atoms with van der Waals surface area (Å²) < 4.78 is 44.3. The van der Waals surface area contributed by atoms with Crippen LogP contribution in [0.3, 0.4) is 0 Å². The van der Waals surface area contributed by atoms with Crippen molar-refractivity contribution < 1.29 is 22.6 Å². The first-order valence-electron chi connectivity index (χ1n) is 8.91. The predicted octanol–water partition coefficient (Wildman–Crippen LogP) is 0.221. The molecule has 0 atom stereocenters. The van der Waals surface area contributed by atoms with Gasteiger partial charge in [-0.2, -0.15) is 4.31 Å². The summed E-state index contributed by atoms with van der Waals surface area (Å²) in [6.07, 6.45) is 0. The van der Waals surface area contributed by atoms with E-state index in [1.165, 1.54) is 22.5 Å². The molecule has 0 spiro atoms. The largest absolute Gasteiger partial charge is 0.364 e. The molecule has 0 amide bonds. The molecule has 0 saturated carbocycles. The molecule has 0 unspecified atom stereocenters. The number of hydrogen-bond acceptors (Lipinski definition) is 9. The molecule has 13 heteroatoms. The SMILES string of the molecule is Cc1cc(N=C(NO)c2nonc2NCCS(=O)(=O)N2CCNCC2)ccc1F. The molecule has 1 aromatic heterocycles. The molecule has 11 nitrogen and oxygen atoms in total. The van der Waals surface area contributed by atoms with Crippen LogP contribution in [0.15, 0.2) is 27.8 Å². The highest BCUT2D eigenvalue weighted by atomic mass is 32.2. The number of hydrogen-bond donors (Lipinski definition) is 4. The van der Waals surface area contributed by atoms with Crippen molar-refractivity contribution in [1.29, 1.82) is 0 Å². The summed E-state index contributed by atoms with van der Waals surface area (Å²) in [5.74, 6) is -0.502. The second-order valence-electron chi connectivity index (χ2n) is 6.36. The number of aromatic nitrogens is 2. The van der Waals surface area contributed by atoms with Gasteiger partial charge >= 0.3 is 0 Å². The van der Waals surface area contributed by atoms with Crippen LogP contribution in [0.5, 0.6) is 0 Å². The Balaban J connectivity index is 1.69. The van der Waals surface area contributed by atoms with Crippen LogP contribution in [0.1, 0.15) is 11.3 Å². The van der Waals surface area contributed by atoms with Gasteiger partial charge in [-0.3, -0.25) is 10.7 Å². The fourth-order valence-electron chi connectivity index (χ4n) is 2.77. The Morgan fingerprint density at radius 1 is 1.38 bits per heavy atom. The van der Waals surface area contributed by atoms with E-state index in [4.69, 9.17) is 0 Å². The van der Waals surface area contributed by atoms with E-state index in [1.807, 2.05) is 5.48 Å². The molecule has 29 heavy (non-hydrogen) atoms. The summed E-state index contributed by atoms with van der Waals surface area (Å²) in [5, 5.41) is 22.7. The normalized spacial score (nSPS) is 16.0. The van der Waals surface area contributed by atoms with Crippen LogP contribution in [0.2, 0.25) is 0 Å². The molecule has 1 aromatic carbocycles. The van der Waals surface area contributed by atoms with Gasteiger partial charge in [-0.05, 0) is 41.0 Å². The maximum Gasteiger partial charge on any atom is 0.215 e. The Labute approximate surface area is 167 Å². The highest BCUT2D eigenvalue weighted by Gasteiger charge is 2.24. The highest BCUT2D eigenvalue weighted by molar-refractivity contribution is 7.89. The Morgan fingerprint density at radius 3 is 2.83 bits per heavy atom. The van der Waals surface area contributed by atoms with E-state index in [-0.39, 0.29) is 35.5 Å². The molecule has 2 aromatic rings. The number of piperazine rings is 1. The Morgan fingerprint density at radius 2 is 2.14 bits per heavy atom. The average Bonchev–Trinajstić information content (AvgIpc) is 3.17. The van der Waals surface area contributed by atoms with Gasteiger partial charge in [0, 0.05) is 32.7 Å². The van der Waals surface area contributed by atoms with E-state index in [0.29, 0.717) is 37.4 Å². The fraction of sp³-hybridized carbons (Fsp3) is 0.438. The van der Waals surface area contributed by atoms with Gasteiger partial charge in [0.2, 0.25) is 15.8 Å². The zero-order valence-electron chi connectivity index (χ0n) is 15.7. The van der Waals surface area contributed by atoms with Gasteiger partial charge in [-0.15, -0.1) is 0 Å². The standard InChI is InChI=1S/C16H22FN7O4S/c1-11-10-12(2-3-13(11)17)20-16(21-25)14-15(23-28-22-14)19-6-9-29(26,27)24-7-4-18-5-8-24/h2-3,10,18,25H,4-9H2,1H3,(H,19,23)(H,20,21). The Hall–Kier alpha value is -2.61. The van der Waals surface area contributed by atoms with Gasteiger partial charge < -0.3 is 10.6 Å². The smallest absolute Gasteiger partial charge is 0.215 e. The number of rotatable bonds is 7. The molecule has 1 saturated heterocycles. The van der Waals surface area contributed by atoms with Crippen LogP contribution in [0.25, 0.3) is 0 Å². The molecule has 4 N–H and O–H groups in total. The van der Waals surface area contributed by atoms with Crippen molar-refractivity contribution in [3.8, 4) is 0 Å². The minimum Gasteiger partial charge on any atom is -0.364 e. The third-order valence-electron chi connectivity index (χ3n) is 4.32. The van der Waals surface area contributed by atoms with Crippen LogP contribution in [-0.4, -0.2) is 72.6 Å². The van der Waals surface area contributed by atoms with E-state index in [0.717, 1.165) is 0 Å². The second kappa shape index (κ2) is 9.26. The summed E-state index contributed by atoms with van der Waals surface area (Å²) in [5.41, 5.74) is 2.71. The summed E-state index contributed by atoms with van der Waals surface area (Å²) in [6.45, 7) is 3.75. The lowest BCUT2D eigenvalue weighted by molar-refractivity contribution is 0.234. The molecule has 0 aliphatic carbocycles. The molecule has 3 rings (SSSR count). The number of anilines is 1. The van der Waals surface area contributed by atoms with Crippen molar-refractivity contribution in [2.45, 2.75) is 6.92 Å². The van der Waals surface area contributed by atoms with Gasteiger partial charge in [-0.25, -0.2) is 22.4 Å². The number of halogens is 1. The van der Waals surface area contributed by atoms with Crippen molar-refractivity contribution in [2.24, 2.45) is 4.99 Å². The first kappa shape index (κ1) is 21.1. The van der Waals surface area contributed by atoms with Gasteiger partial charge in [0.15, 0.2) is 11.5 Å². The van der Waals surface area contributed by atoms with Crippen LogP contribution in [0.4, 0.5) is 15.9 Å². The van der Waals surface area contributed by atoms with E-state index < -0.39 is 10.0 Å². The number of nitrogens with zero attached hydrogens (tertiary/aromatic N) is 4. The lowest BCUT2D eigenvalue weighted by Gasteiger charge is -2.26. The molecule has 1 aliphatic heterocycles. The first-order chi connectivity index (χ1) is 13.9. The quantitative estimate of drug-likeness (QED) is 0.277. The van der Waals surface area contributed by atoms with Gasteiger partial charge in [0.05, 0.1) is 11.4 Å². The zero-order chi connectivity index (χ0) is 20.9. The Kier molecular flexibility index (Phi) is 6.74. The number of benzene rings is 1. The van der Waals surface area contributed by atoms with Crippen molar-refractivity contribution in [1.82, 2.24) is 25.4 Å². The molecular weight excluding hydrogens is 405 g/mol. The van der Waals surface area contributed by atoms with Gasteiger partial charge in [0.25, 0.3) is 0 Å². The monoisotopic (exact) mass is 427 g/mol. The molecule has 0 bridgehead atoms. The summed E-state index contributed by atoms with van der Waals surface area (Å²) in [6, 6.07) is 4.18.